The highest BCUT2D eigenvalue weighted by atomic mass is 31.2. The number of nitrogens with one attached hydrogen (secondary N) is 1. The highest BCUT2D eigenvalue weighted by Crippen LogP contribution is 2.67. The van der Waals surface area contributed by atoms with E-state index in [-0.39, 0.29) is 34.2 Å². The lowest BCUT2D eigenvalue weighted by atomic mass is 9.75. The molecule has 2 fully saturated rings. The molecule has 2 heterocycles. The molecule has 2 aliphatic heterocycles. The van der Waals surface area contributed by atoms with Crippen LogP contribution in [0.4, 0.5) is 5.69 Å². The first-order chi connectivity index (χ1) is 16.2. The Morgan fingerprint density at radius 2 is 1.82 bits per heavy atom. The molecule has 1 saturated carbocycles. The molecule has 3 aliphatic rings. The van der Waals surface area contributed by atoms with Crippen molar-refractivity contribution in [1.29, 1.82) is 0 Å². The third-order valence-electron chi connectivity index (χ3n) is 6.96. The summed E-state index contributed by atoms with van der Waals surface area (Å²) < 4.78 is 31.6. The number of esters is 1. The van der Waals surface area contributed by atoms with Crippen molar-refractivity contribution in [3.05, 3.63) is 62.2 Å². The summed E-state index contributed by atoms with van der Waals surface area (Å²) in [5.74, 6) is -1.64. The number of para-hydroxylation sites is 1. The number of carbonyl (C=O) groups is 1. The Balaban J connectivity index is 1.82. The maximum atomic E-state index is 14.2. The smallest absolute Gasteiger partial charge is 0.360 e. The quantitative estimate of drug-likeness (QED) is 0.247. The summed E-state index contributed by atoms with van der Waals surface area (Å²) in [7, 11) is -3.88. The van der Waals surface area contributed by atoms with Crippen LogP contribution in [0.25, 0.3) is 0 Å². The highest BCUT2D eigenvalue weighted by Gasteiger charge is 2.51. The fraction of sp³-hybridized carbons (Fsp3) is 0.542. The van der Waals surface area contributed by atoms with Crippen LogP contribution in [-0.2, 0) is 23.1 Å². The van der Waals surface area contributed by atoms with Gasteiger partial charge in [-0.1, -0.05) is 37.5 Å². The molecule has 1 aliphatic carbocycles. The zero-order chi connectivity index (χ0) is 24.5. The van der Waals surface area contributed by atoms with Crippen LogP contribution in [0, 0.1) is 15.5 Å². The van der Waals surface area contributed by atoms with Crippen LogP contribution in [0.1, 0.15) is 64.4 Å². The number of dihydropyridines is 1. The van der Waals surface area contributed by atoms with E-state index in [1.54, 1.807) is 39.0 Å². The van der Waals surface area contributed by atoms with Crippen molar-refractivity contribution in [2.75, 3.05) is 19.8 Å². The molecule has 0 radical (unpaired) electrons. The number of carbonyl (C=O) groups excluding carboxylic acids is 1. The number of ether oxygens (including phenoxy) is 1. The number of rotatable bonds is 5. The van der Waals surface area contributed by atoms with Gasteiger partial charge in [0.25, 0.3) is 5.69 Å². The molecule has 1 spiro atoms. The lowest BCUT2D eigenvalue weighted by Crippen LogP contribution is -2.38. The van der Waals surface area contributed by atoms with Crippen molar-refractivity contribution in [3.8, 4) is 0 Å². The third-order valence-corrected chi connectivity index (χ3v) is 9.08. The molecule has 1 aromatic carbocycles. The van der Waals surface area contributed by atoms with Crippen molar-refractivity contribution in [2.45, 2.75) is 58.8 Å². The summed E-state index contributed by atoms with van der Waals surface area (Å²) in [6.45, 7) is 5.82. The van der Waals surface area contributed by atoms with Crippen LogP contribution in [0.3, 0.4) is 0 Å². The van der Waals surface area contributed by atoms with Gasteiger partial charge in [0, 0.05) is 28.4 Å². The van der Waals surface area contributed by atoms with E-state index >= 15 is 0 Å². The molecular weight excluding hydrogens is 459 g/mol. The number of nitro groups is 1. The van der Waals surface area contributed by atoms with Gasteiger partial charge in [0.2, 0.25) is 0 Å². The van der Waals surface area contributed by atoms with Crippen molar-refractivity contribution < 1.29 is 28.1 Å². The lowest BCUT2D eigenvalue weighted by molar-refractivity contribution is -0.385. The molecule has 9 nitrogen and oxygen atoms in total. The molecule has 1 atom stereocenters. The van der Waals surface area contributed by atoms with Crippen LogP contribution >= 0.6 is 7.60 Å². The van der Waals surface area contributed by atoms with Crippen LogP contribution < -0.4 is 5.32 Å². The fourth-order valence-corrected chi connectivity index (χ4v) is 7.57. The number of hydrogen-bond acceptors (Lipinski definition) is 8. The maximum Gasteiger partial charge on any atom is 0.360 e. The van der Waals surface area contributed by atoms with E-state index in [0.717, 1.165) is 25.7 Å². The van der Waals surface area contributed by atoms with E-state index in [9.17, 15) is 19.5 Å². The van der Waals surface area contributed by atoms with E-state index in [1.165, 1.54) is 12.5 Å². The van der Waals surface area contributed by atoms with Gasteiger partial charge in [-0.05, 0) is 33.6 Å². The lowest BCUT2D eigenvalue weighted by Gasteiger charge is -2.44. The molecule has 0 aromatic heterocycles. The second-order valence-corrected chi connectivity index (χ2v) is 11.2. The van der Waals surface area contributed by atoms with Gasteiger partial charge in [-0.2, -0.15) is 0 Å². The zero-order valence-corrected chi connectivity index (χ0v) is 20.7. The van der Waals surface area contributed by atoms with Gasteiger partial charge in [0.05, 0.1) is 41.5 Å². The van der Waals surface area contributed by atoms with Gasteiger partial charge in [-0.25, -0.2) is 4.79 Å². The Morgan fingerprint density at radius 1 is 1.18 bits per heavy atom. The number of nitro benzene ring substituents is 1. The van der Waals surface area contributed by atoms with Gasteiger partial charge in [-0.15, -0.1) is 0 Å². The van der Waals surface area contributed by atoms with Gasteiger partial charge < -0.3 is 19.1 Å². The molecular formula is C24H31N2O7P. The molecule has 1 unspecified atom stereocenters. The SMILES string of the molecule is CCOC(=O)C1=C(C)NC(C)=C(P2(=O)OCC3(CCCCC3)CO2)C1c1ccccc1[N+](=O)[O-]. The molecule has 1 saturated heterocycles. The topological polar surface area (TPSA) is 117 Å². The molecule has 34 heavy (non-hydrogen) atoms. The Morgan fingerprint density at radius 3 is 2.44 bits per heavy atom. The molecule has 0 bridgehead atoms. The molecule has 4 rings (SSSR count). The Labute approximate surface area is 199 Å². The first-order valence-corrected chi connectivity index (χ1v) is 13.2. The molecule has 184 valence electrons. The van der Waals surface area contributed by atoms with Crippen molar-refractivity contribution in [2.24, 2.45) is 5.41 Å². The maximum absolute atomic E-state index is 14.2. The van der Waals surface area contributed by atoms with E-state index in [2.05, 4.69) is 5.32 Å². The van der Waals surface area contributed by atoms with Crippen LogP contribution in [-0.4, -0.2) is 30.7 Å². The van der Waals surface area contributed by atoms with Gasteiger partial charge in [-0.3, -0.25) is 14.7 Å². The molecule has 0 amide bonds. The predicted octanol–water partition coefficient (Wildman–Crippen LogP) is 5.54. The molecule has 1 N–H and O–H groups in total. The minimum Gasteiger partial charge on any atom is -0.463 e. The summed E-state index contributed by atoms with van der Waals surface area (Å²) in [6.07, 6.45) is 5.22. The van der Waals surface area contributed by atoms with Crippen LogP contribution in [0.5, 0.6) is 0 Å². The number of hydrogen-bond donors (Lipinski definition) is 1. The number of benzene rings is 1. The average molecular weight is 490 g/mol. The summed E-state index contributed by atoms with van der Waals surface area (Å²) in [4.78, 5) is 24.5. The fourth-order valence-electron chi connectivity index (χ4n) is 5.28. The van der Waals surface area contributed by atoms with E-state index in [1.807, 2.05) is 0 Å². The van der Waals surface area contributed by atoms with Gasteiger partial charge >= 0.3 is 13.6 Å². The predicted molar refractivity (Wildman–Crippen MR) is 126 cm³/mol. The molecule has 1 aromatic rings. The largest absolute Gasteiger partial charge is 0.463 e. The Kier molecular flexibility index (Phi) is 6.99. The standard InChI is InChI=1S/C24H31N2O7P/c1-4-31-23(27)20-16(2)25-17(3)22(21(20)18-10-6-7-11-19(18)26(28)29)34(30)32-14-24(15-33-34)12-8-5-9-13-24/h6-7,10-11,21,25H,4-5,8-9,12-15H2,1-3H3. The second-order valence-electron chi connectivity index (χ2n) is 9.25. The number of nitrogens with zero attached hydrogens (tertiary/aromatic N) is 1. The van der Waals surface area contributed by atoms with Crippen molar-refractivity contribution >= 4 is 19.3 Å². The van der Waals surface area contributed by atoms with Crippen LogP contribution in [0.15, 0.2) is 46.5 Å². The Hall–Kier alpha value is -2.48. The Bertz CT molecular complexity index is 1090. The molecule has 10 heteroatoms. The van der Waals surface area contributed by atoms with E-state index < -0.39 is 24.4 Å². The number of allylic oxidation sites excluding steroid dienone is 3. The van der Waals surface area contributed by atoms with Crippen LogP contribution in [0.2, 0.25) is 0 Å². The normalized spacial score (nSPS) is 24.0. The van der Waals surface area contributed by atoms with Gasteiger partial charge in [0.15, 0.2) is 0 Å². The van der Waals surface area contributed by atoms with Crippen molar-refractivity contribution in [1.82, 2.24) is 5.32 Å². The summed E-state index contributed by atoms with van der Waals surface area (Å²) in [5, 5.41) is 15.2. The summed E-state index contributed by atoms with van der Waals surface area (Å²) in [5.41, 5.74) is 1.05. The van der Waals surface area contributed by atoms with Gasteiger partial charge in [0.1, 0.15) is 0 Å². The van der Waals surface area contributed by atoms with E-state index in [0.29, 0.717) is 24.6 Å². The minimum atomic E-state index is -3.88. The third kappa shape index (κ3) is 4.44. The summed E-state index contributed by atoms with van der Waals surface area (Å²) >= 11 is 0. The first kappa shape index (κ1) is 24.6. The first-order valence-electron chi connectivity index (χ1n) is 11.7. The van der Waals surface area contributed by atoms with Crippen molar-refractivity contribution in [3.63, 3.8) is 0 Å². The highest BCUT2D eigenvalue weighted by molar-refractivity contribution is 7.58. The summed E-state index contributed by atoms with van der Waals surface area (Å²) in [6, 6.07) is 6.16. The average Bonchev–Trinajstić information content (AvgIpc) is 2.81. The zero-order valence-electron chi connectivity index (χ0n) is 19.8. The van der Waals surface area contributed by atoms with E-state index in [4.69, 9.17) is 13.8 Å². The second kappa shape index (κ2) is 9.64. The minimum absolute atomic E-state index is 0.129. The monoisotopic (exact) mass is 490 g/mol.